The summed E-state index contributed by atoms with van der Waals surface area (Å²) in [5.41, 5.74) is 2.57. The minimum Gasteiger partial charge on any atom is -0.304 e. The van der Waals surface area contributed by atoms with Crippen molar-refractivity contribution in [2.24, 2.45) is 7.05 Å². The summed E-state index contributed by atoms with van der Waals surface area (Å²) in [6, 6.07) is 8.19. The van der Waals surface area contributed by atoms with Gasteiger partial charge in [-0.25, -0.2) is 8.42 Å². The Morgan fingerprint density at radius 2 is 1.79 bits per heavy atom. The van der Waals surface area contributed by atoms with E-state index in [1.165, 1.54) is 15.7 Å². The fourth-order valence-electron chi connectivity index (χ4n) is 2.64. The Morgan fingerprint density at radius 1 is 1.21 bits per heavy atom. The third-order valence-electron chi connectivity index (χ3n) is 3.50. The van der Waals surface area contributed by atoms with Crippen LogP contribution in [0.3, 0.4) is 0 Å². The molecule has 0 amide bonds. The van der Waals surface area contributed by atoms with Crippen molar-refractivity contribution in [2.75, 3.05) is 0 Å². The van der Waals surface area contributed by atoms with E-state index in [1.54, 1.807) is 7.05 Å². The molecule has 1 heterocycles. The summed E-state index contributed by atoms with van der Waals surface area (Å²) in [4.78, 5) is 0. The Hall–Kier alpha value is -1.40. The van der Waals surface area contributed by atoms with Crippen molar-refractivity contribution in [1.29, 1.82) is 0 Å². The highest BCUT2D eigenvalue weighted by Crippen LogP contribution is 2.33. The summed E-state index contributed by atoms with van der Waals surface area (Å²) in [7, 11) is 3.11. The second-order valence-electron chi connectivity index (χ2n) is 4.71. The Bertz CT molecular complexity index is 714. The van der Waals surface area contributed by atoms with Crippen LogP contribution < -0.4 is 0 Å². The smallest absolute Gasteiger partial charge is 0.296 e. The number of hydrogen-bond acceptors (Lipinski definition) is 4. The molecule has 3 rings (SSSR count). The maximum Gasteiger partial charge on any atom is 0.296 e. The largest absolute Gasteiger partial charge is 0.304 e. The van der Waals surface area contributed by atoms with Crippen LogP contribution in [-0.2, 0) is 28.9 Å². The Labute approximate surface area is 115 Å². The third-order valence-corrected chi connectivity index (χ3v) is 4.71. The van der Waals surface area contributed by atoms with E-state index in [2.05, 4.69) is 22.3 Å². The van der Waals surface area contributed by atoms with Crippen LogP contribution in [0.5, 0.6) is 0 Å². The predicted molar refractivity (Wildman–Crippen MR) is 70.6 cm³/mol. The molecule has 1 aliphatic carbocycles. The molecule has 2 aromatic rings. The number of benzene rings is 1. The molecule has 19 heavy (non-hydrogen) atoms. The van der Waals surface area contributed by atoms with E-state index in [4.69, 9.17) is 10.7 Å². The lowest BCUT2D eigenvalue weighted by atomic mass is 10.1. The van der Waals surface area contributed by atoms with Crippen LogP contribution in [0.2, 0.25) is 0 Å². The number of nitrogens with zero attached hydrogens (tertiary/aromatic N) is 3. The van der Waals surface area contributed by atoms with Crippen LogP contribution >= 0.6 is 10.7 Å². The van der Waals surface area contributed by atoms with Gasteiger partial charge in [-0.2, -0.15) is 0 Å². The van der Waals surface area contributed by atoms with Gasteiger partial charge in [-0.1, -0.05) is 24.3 Å². The maximum absolute atomic E-state index is 11.3. The van der Waals surface area contributed by atoms with Crippen molar-refractivity contribution in [3.63, 3.8) is 0 Å². The van der Waals surface area contributed by atoms with Crippen LogP contribution in [0, 0.1) is 0 Å². The van der Waals surface area contributed by atoms with Gasteiger partial charge in [0.1, 0.15) is 5.82 Å². The Morgan fingerprint density at radius 3 is 2.26 bits per heavy atom. The summed E-state index contributed by atoms with van der Waals surface area (Å²) in [6.07, 6.45) is 1.70. The minimum absolute atomic E-state index is 0.155. The quantitative estimate of drug-likeness (QED) is 0.790. The van der Waals surface area contributed by atoms with E-state index >= 15 is 0 Å². The molecule has 0 radical (unpaired) electrons. The molecule has 0 fully saturated rings. The van der Waals surface area contributed by atoms with Gasteiger partial charge < -0.3 is 4.57 Å². The van der Waals surface area contributed by atoms with E-state index in [1.807, 2.05) is 12.1 Å². The van der Waals surface area contributed by atoms with Gasteiger partial charge in [-0.3, -0.25) is 0 Å². The molecular weight excluding hydrogens is 286 g/mol. The highest BCUT2D eigenvalue weighted by Gasteiger charge is 2.29. The van der Waals surface area contributed by atoms with Crippen LogP contribution in [0.1, 0.15) is 22.9 Å². The first-order chi connectivity index (χ1) is 8.97. The molecule has 1 aromatic carbocycles. The fourth-order valence-corrected chi connectivity index (χ4v) is 3.60. The van der Waals surface area contributed by atoms with E-state index in [0.29, 0.717) is 5.82 Å². The van der Waals surface area contributed by atoms with Crippen LogP contribution in [0.25, 0.3) is 0 Å². The van der Waals surface area contributed by atoms with E-state index in [9.17, 15) is 8.42 Å². The van der Waals surface area contributed by atoms with Gasteiger partial charge in [-0.05, 0) is 24.0 Å². The SMILES string of the molecule is Cn1c(C2Cc3ccccc3C2)nnc1S(=O)(=O)Cl. The van der Waals surface area contributed by atoms with Crippen molar-refractivity contribution in [3.05, 3.63) is 41.2 Å². The van der Waals surface area contributed by atoms with Gasteiger partial charge in [0.05, 0.1) is 0 Å². The number of fused-ring (bicyclic) bond motifs is 1. The van der Waals surface area contributed by atoms with Gasteiger partial charge in [0.15, 0.2) is 0 Å². The highest BCUT2D eigenvalue weighted by molar-refractivity contribution is 8.13. The average molecular weight is 298 g/mol. The minimum atomic E-state index is -3.85. The molecule has 1 aromatic heterocycles. The fraction of sp³-hybridized carbons (Fsp3) is 0.333. The average Bonchev–Trinajstić information content (AvgIpc) is 2.90. The summed E-state index contributed by atoms with van der Waals surface area (Å²) < 4.78 is 24.2. The molecule has 100 valence electrons. The van der Waals surface area contributed by atoms with Crippen molar-refractivity contribution in [1.82, 2.24) is 14.8 Å². The molecule has 0 unspecified atom stereocenters. The molecule has 0 spiro atoms. The van der Waals surface area contributed by atoms with E-state index < -0.39 is 9.05 Å². The molecule has 0 aliphatic heterocycles. The van der Waals surface area contributed by atoms with Gasteiger partial charge in [0, 0.05) is 23.6 Å². The number of hydrogen-bond donors (Lipinski definition) is 0. The second-order valence-corrected chi connectivity index (χ2v) is 7.17. The molecule has 0 N–H and O–H groups in total. The normalized spacial score (nSPS) is 15.7. The lowest BCUT2D eigenvalue weighted by Crippen LogP contribution is -2.09. The lowest BCUT2D eigenvalue weighted by molar-refractivity contribution is 0.582. The van der Waals surface area contributed by atoms with E-state index in [0.717, 1.165) is 12.8 Å². The zero-order chi connectivity index (χ0) is 13.6. The maximum atomic E-state index is 11.3. The lowest BCUT2D eigenvalue weighted by Gasteiger charge is -2.08. The summed E-state index contributed by atoms with van der Waals surface area (Å²) in [6.45, 7) is 0. The first-order valence-electron chi connectivity index (χ1n) is 5.87. The third kappa shape index (κ3) is 2.15. The highest BCUT2D eigenvalue weighted by atomic mass is 35.7. The van der Waals surface area contributed by atoms with Crippen LogP contribution in [0.4, 0.5) is 0 Å². The first kappa shape index (κ1) is 12.6. The second kappa shape index (κ2) is 4.31. The van der Waals surface area contributed by atoms with Gasteiger partial charge in [0.25, 0.3) is 14.2 Å². The van der Waals surface area contributed by atoms with Gasteiger partial charge in [-0.15, -0.1) is 10.2 Å². The number of aromatic nitrogens is 3. The molecule has 5 nitrogen and oxygen atoms in total. The van der Waals surface area contributed by atoms with Crippen LogP contribution in [0.15, 0.2) is 29.4 Å². The summed E-state index contributed by atoms with van der Waals surface area (Å²) >= 11 is 0. The first-order valence-corrected chi connectivity index (χ1v) is 8.18. The number of rotatable bonds is 2. The van der Waals surface area contributed by atoms with Gasteiger partial charge >= 0.3 is 0 Å². The summed E-state index contributed by atoms with van der Waals surface area (Å²) in [5.74, 6) is 0.817. The van der Waals surface area contributed by atoms with Crippen LogP contribution in [-0.4, -0.2) is 23.2 Å². The summed E-state index contributed by atoms with van der Waals surface area (Å²) in [5, 5.41) is 7.49. The zero-order valence-corrected chi connectivity index (χ0v) is 11.8. The van der Waals surface area contributed by atoms with Crippen molar-refractivity contribution < 1.29 is 8.42 Å². The standard InChI is InChI=1S/C12H12ClN3O2S/c1-16-11(14-15-12(16)19(13,17)18)10-6-8-4-2-3-5-9(8)7-10/h2-5,10H,6-7H2,1H3. The molecule has 7 heteroatoms. The number of halogens is 1. The molecular formula is C12H12ClN3O2S. The van der Waals surface area contributed by atoms with Crippen molar-refractivity contribution in [3.8, 4) is 0 Å². The Balaban J connectivity index is 1.97. The Kier molecular flexibility index (Phi) is 2.87. The molecule has 0 bridgehead atoms. The van der Waals surface area contributed by atoms with Crippen molar-refractivity contribution in [2.45, 2.75) is 23.9 Å². The molecule has 0 atom stereocenters. The molecule has 0 saturated carbocycles. The monoisotopic (exact) mass is 297 g/mol. The zero-order valence-electron chi connectivity index (χ0n) is 10.2. The van der Waals surface area contributed by atoms with Gasteiger partial charge in [0.2, 0.25) is 0 Å². The topological polar surface area (TPSA) is 64.8 Å². The van der Waals surface area contributed by atoms with E-state index in [-0.39, 0.29) is 11.1 Å². The van der Waals surface area contributed by atoms with Crippen molar-refractivity contribution >= 4 is 19.7 Å². The predicted octanol–water partition coefficient (Wildman–Crippen LogP) is 1.62. The molecule has 1 aliphatic rings. The molecule has 0 saturated heterocycles.